The highest BCUT2D eigenvalue weighted by atomic mass is 16.5. The molecule has 0 aliphatic rings. The Labute approximate surface area is 121 Å². The van der Waals surface area contributed by atoms with Crippen molar-refractivity contribution in [2.24, 2.45) is 0 Å². The second kappa shape index (κ2) is 7.11. The Bertz CT molecular complexity index is 507. The predicted octanol–water partition coefficient (Wildman–Crippen LogP) is 4.11. The zero-order valence-electron chi connectivity index (χ0n) is 12.5. The maximum absolute atomic E-state index is 5.89. The van der Waals surface area contributed by atoms with E-state index in [9.17, 15) is 0 Å². The summed E-state index contributed by atoms with van der Waals surface area (Å²) in [5.74, 6) is 0.928. The highest BCUT2D eigenvalue weighted by molar-refractivity contribution is 5.26. The van der Waals surface area contributed by atoms with Gasteiger partial charge in [0.2, 0.25) is 0 Å². The van der Waals surface area contributed by atoms with Gasteiger partial charge in [-0.1, -0.05) is 48.0 Å². The van der Waals surface area contributed by atoms with E-state index in [4.69, 9.17) is 4.74 Å². The molecule has 2 aromatic rings. The predicted molar refractivity (Wildman–Crippen MR) is 84.1 cm³/mol. The fourth-order valence-electron chi connectivity index (χ4n) is 2.09. The zero-order valence-corrected chi connectivity index (χ0v) is 12.5. The molecule has 0 fully saturated rings. The van der Waals surface area contributed by atoms with Crippen LogP contribution in [-0.4, -0.2) is 12.6 Å². The Morgan fingerprint density at radius 3 is 2.25 bits per heavy atom. The van der Waals surface area contributed by atoms with Crippen LogP contribution in [0.3, 0.4) is 0 Å². The fourth-order valence-corrected chi connectivity index (χ4v) is 2.09. The van der Waals surface area contributed by atoms with E-state index in [-0.39, 0.29) is 6.10 Å². The molecular formula is C18H23NO. The first-order valence-corrected chi connectivity index (χ1v) is 7.17. The number of hydrogen-bond donors (Lipinski definition) is 1. The van der Waals surface area contributed by atoms with Crippen LogP contribution in [0, 0.1) is 6.92 Å². The minimum absolute atomic E-state index is 0.142. The molecule has 2 atom stereocenters. The van der Waals surface area contributed by atoms with Crippen molar-refractivity contribution in [3.8, 4) is 5.75 Å². The molecule has 106 valence electrons. The lowest BCUT2D eigenvalue weighted by Gasteiger charge is -2.19. The average Bonchev–Trinajstić information content (AvgIpc) is 2.48. The van der Waals surface area contributed by atoms with Crippen LogP contribution < -0.4 is 10.1 Å². The summed E-state index contributed by atoms with van der Waals surface area (Å²) in [5.41, 5.74) is 2.55. The van der Waals surface area contributed by atoms with Gasteiger partial charge in [0.05, 0.1) is 0 Å². The van der Waals surface area contributed by atoms with Gasteiger partial charge in [-0.15, -0.1) is 0 Å². The molecular weight excluding hydrogens is 246 g/mol. The van der Waals surface area contributed by atoms with Crippen LogP contribution in [0.2, 0.25) is 0 Å². The molecule has 0 saturated heterocycles. The largest absolute Gasteiger partial charge is 0.489 e. The van der Waals surface area contributed by atoms with Gasteiger partial charge in [-0.25, -0.2) is 0 Å². The van der Waals surface area contributed by atoms with Crippen molar-refractivity contribution >= 4 is 0 Å². The topological polar surface area (TPSA) is 21.3 Å². The van der Waals surface area contributed by atoms with Gasteiger partial charge in [0, 0.05) is 12.6 Å². The molecule has 0 amide bonds. The highest BCUT2D eigenvalue weighted by Gasteiger charge is 2.08. The third kappa shape index (κ3) is 4.39. The summed E-state index contributed by atoms with van der Waals surface area (Å²) in [6.07, 6.45) is 0.142. The first-order chi connectivity index (χ1) is 9.65. The number of rotatable bonds is 6. The number of aryl methyl sites for hydroxylation is 1. The summed E-state index contributed by atoms with van der Waals surface area (Å²) in [6, 6.07) is 19.0. The molecule has 1 N–H and O–H groups in total. The van der Waals surface area contributed by atoms with Gasteiger partial charge in [0.15, 0.2) is 0 Å². The van der Waals surface area contributed by atoms with Gasteiger partial charge < -0.3 is 10.1 Å². The lowest BCUT2D eigenvalue weighted by Crippen LogP contribution is -2.30. The Kier molecular flexibility index (Phi) is 5.19. The summed E-state index contributed by atoms with van der Waals surface area (Å²) >= 11 is 0. The summed E-state index contributed by atoms with van der Waals surface area (Å²) in [5, 5.41) is 3.51. The highest BCUT2D eigenvalue weighted by Crippen LogP contribution is 2.14. The fraction of sp³-hybridized carbons (Fsp3) is 0.333. The second-order valence-corrected chi connectivity index (χ2v) is 5.28. The van der Waals surface area contributed by atoms with E-state index in [0.29, 0.717) is 6.04 Å². The zero-order chi connectivity index (χ0) is 14.4. The summed E-state index contributed by atoms with van der Waals surface area (Å²) in [6.45, 7) is 7.17. The number of nitrogens with one attached hydrogen (secondary N) is 1. The smallest absolute Gasteiger partial charge is 0.119 e. The molecule has 2 nitrogen and oxygen atoms in total. The molecule has 0 bridgehead atoms. The van der Waals surface area contributed by atoms with E-state index in [0.717, 1.165) is 12.3 Å². The lowest BCUT2D eigenvalue weighted by molar-refractivity contribution is 0.212. The Morgan fingerprint density at radius 1 is 0.950 bits per heavy atom. The lowest BCUT2D eigenvalue weighted by atomic mass is 10.1. The summed E-state index contributed by atoms with van der Waals surface area (Å²) in [7, 11) is 0. The molecule has 0 heterocycles. The normalized spacial score (nSPS) is 13.8. The Morgan fingerprint density at radius 2 is 1.60 bits per heavy atom. The van der Waals surface area contributed by atoms with E-state index < -0.39 is 0 Å². The van der Waals surface area contributed by atoms with Crippen molar-refractivity contribution in [3.63, 3.8) is 0 Å². The molecule has 2 heteroatoms. The quantitative estimate of drug-likeness (QED) is 0.852. The SMILES string of the molecule is Cc1ccc(OC(C)CNC(C)c2ccccc2)cc1. The number of ether oxygens (including phenoxy) is 1. The first kappa shape index (κ1) is 14.6. The Hall–Kier alpha value is -1.80. The van der Waals surface area contributed by atoms with Crippen LogP contribution in [0.4, 0.5) is 0 Å². The van der Waals surface area contributed by atoms with Gasteiger partial charge in [-0.2, -0.15) is 0 Å². The van der Waals surface area contributed by atoms with Crippen molar-refractivity contribution in [2.45, 2.75) is 32.9 Å². The summed E-state index contributed by atoms with van der Waals surface area (Å²) < 4.78 is 5.89. The molecule has 2 aromatic carbocycles. The molecule has 0 aliphatic carbocycles. The maximum atomic E-state index is 5.89. The minimum Gasteiger partial charge on any atom is -0.489 e. The second-order valence-electron chi connectivity index (χ2n) is 5.28. The Balaban J connectivity index is 1.80. The van der Waals surface area contributed by atoms with Gasteiger partial charge in [-0.3, -0.25) is 0 Å². The van der Waals surface area contributed by atoms with Crippen LogP contribution in [0.5, 0.6) is 5.75 Å². The van der Waals surface area contributed by atoms with Crippen LogP contribution in [-0.2, 0) is 0 Å². The van der Waals surface area contributed by atoms with Gasteiger partial charge in [0.25, 0.3) is 0 Å². The van der Waals surface area contributed by atoms with Crippen molar-refractivity contribution in [3.05, 3.63) is 65.7 Å². The third-order valence-electron chi connectivity index (χ3n) is 3.37. The van der Waals surface area contributed by atoms with E-state index in [2.05, 4.69) is 62.5 Å². The van der Waals surface area contributed by atoms with E-state index >= 15 is 0 Å². The minimum atomic E-state index is 0.142. The molecule has 0 radical (unpaired) electrons. The van der Waals surface area contributed by atoms with Crippen molar-refractivity contribution < 1.29 is 4.74 Å². The van der Waals surface area contributed by atoms with Gasteiger partial charge in [0.1, 0.15) is 11.9 Å². The number of benzene rings is 2. The molecule has 0 saturated carbocycles. The molecule has 2 unspecified atom stereocenters. The standard InChI is InChI=1S/C18H23NO/c1-14-9-11-18(12-10-14)20-15(2)13-19-16(3)17-7-5-4-6-8-17/h4-12,15-16,19H,13H2,1-3H3. The average molecular weight is 269 g/mol. The third-order valence-corrected chi connectivity index (χ3v) is 3.37. The van der Waals surface area contributed by atoms with E-state index in [1.807, 2.05) is 18.2 Å². The van der Waals surface area contributed by atoms with Crippen molar-refractivity contribution in [1.82, 2.24) is 5.32 Å². The molecule has 0 aromatic heterocycles. The van der Waals surface area contributed by atoms with Crippen LogP contribution in [0.1, 0.15) is 31.0 Å². The molecule has 0 spiro atoms. The van der Waals surface area contributed by atoms with Gasteiger partial charge in [-0.05, 0) is 38.5 Å². The first-order valence-electron chi connectivity index (χ1n) is 7.17. The molecule has 2 rings (SSSR count). The summed E-state index contributed by atoms with van der Waals surface area (Å²) in [4.78, 5) is 0. The maximum Gasteiger partial charge on any atom is 0.119 e. The number of hydrogen-bond acceptors (Lipinski definition) is 2. The van der Waals surface area contributed by atoms with E-state index in [1.165, 1.54) is 11.1 Å². The molecule has 0 aliphatic heterocycles. The van der Waals surface area contributed by atoms with Crippen LogP contribution in [0.15, 0.2) is 54.6 Å². The van der Waals surface area contributed by atoms with Crippen LogP contribution >= 0.6 is 0 Å². The van der Waals surface area contributed by atoms with Crippen molar-refractivity contribution in [2.75, 3.05) is 6.54 Å². The van der Waals surface area contributed by atoms with Crippen LogP contribution in [0.25, 0.3) is 0 Å². The molecule has 20 heavy (non-hydrogen) atoms. The monoisotopic (exact) mass is 269 g/mol. The van der Waals surface area contributed by atoms with Crippen molar-refractivity contribution in [1.29, 1.82) is 0 Å². The van der Waals surface area contributed by atoms with E-state index in [1.54, 1.807) is 0 Å². The van der Waals surface area contributed by atoms with Gasteiger partial charge >= 0.3 is 0 Å².